The topological polar surface area (TPSA) is 61.4 Å². The maximum Gasteiger partial charge on any atom is 0.246 e. The van der Waals surface area contributed by atoms with Gasteiger partial charge in [-0.2, -0.15) is 0 Å². The third kappa shape index (κ3) is 5.13. The van der Waals surface area contributed by atoms with Crippen LogP contribution >= 0.6 is 34.8 Å². The minimum Gasteiger partial charge on any atom is -0.299 e. The van der Waals surface area contributed by atoms with E-state index in [0.717, 1.165) is 5.56 Å². The Hall–Kier alpha value is -2.15. The van der Waals surface area contributed by atoms with Gasteiger partial charge in [0.1, 0.15) is 0 Å². The van der Waals surface area contributed by atoms with Crippen LogP contribution < -0.4 is 15.2 Å². The first kappa shape index (κ1) is 26.9. The molecule has 1 aliphatic rings. The lowest BCUT2D eigenvalue weighted by Gasteiger charge is -2.28. The summed E-state index contributed by atoms with van der Waals surface area (Å²) in [5.41, 5.74) is 4.35. The number of hydrazine groups is 1. The normalized spacial score (nSPS) is 18.2. The number of anilines is 1. The maximum absolute atomic E-state index is 14.1. The van der Waals surface area contributed by atoms with Crippen molar-refractivity contribution >= 4 is 50.5 Å². The molecule has 0 amide bonds. The predicted molar refractivity (Wildman–Crippen MR) is 126 cm³/mol. The maximum atomic E-state index is 14.1. The van der Waals surface area contributed by atoms with Crippen molar-refractivity contribution in [1.29, 1.82) is 0 Å². The Kier molecular flexibility index (Phi) is 7.70. The Morgan fingerprint density at radius 2 is 1.42 bits per heavy atom. The van der Waals surface area contributed by atoms with Crippen LogP contribution in [-0.2, 0) is 10.0 Å². The molecule has 2 atom stereocenters. The van der Waals surface area contributed by atoms with E-state index in [9.17, 15) is 30.4 Å². The molecular weight excluding hydrogens is 572 g/mol. The summed E-state index contributed by atoms with van der Waals surface area (Å²) < 4.78 is 95.6. The summed E-state index contributed by atoms with van der Waals surface area (Å²) in [6.45, 7) is -0.451. The van der Waals surface area contributed by atoms with Crippen molar-refractivity contribution < 1.29 is 30.4 Å². The molecule has 0 spiro atoms. The number of nitrogens with one attached hydrogen (secondary N) is 2. The van der Waals surface area contributed by atoms with Crippen molar-refractivity contribution in [1.82, 2.24) is 10.1 Å². The smallest absolute Gasteiger partial charge is 0.246 e. The van der Waals surface area contributed by atoms with Crippen molar-refractivity contribution in [3.8, 4) is 0 Å². The molecule has 0 radical (unpaired) electrons. The summed E-state index contributed by atoms with van der Waals surface area (Å²) in [4.78, 5) is -1.95. The first-order chi connectivity index (χ1) is 16.9. The third-order valence-corrected chi connectivity index (χ3v) is 7.76. The molecule has 0 aromatic heterocycles. The van der Waals surface area contributed by atoms with Gasteiger partial charge in [0.15, 0.2) is 28.2 Å². The average molecular weight is 587 g/mol. The molecule has 4 rings (SSSR count). The van der Waals surface area contributed by atoms with Crippen LogP contribution in [0.2, 0.25) is 15.1 Å². The molecule has 1 heterocycles. The Bertz CT molecular complexity index is 1400. The number of hydrogen-bond donors (Lipinski definition) is 2. The molecule has 1 fully saturated rings. The van der Waals surface area contributed by atoms with Gasteiger partial charge in [0, 0.05) is 22.6 Å². The Morgan fingerprint density at radius 3 is 2.00 bits per heavy atom. The van der Waals surface area contributed by atoms with Crippen LogP contribution in [0.25, 0.3) is 0 Å². The minimum absolute atomic E-state index is 0.264. The molecule has 14 heteroatoms. The highest BCUT2D eigenvalue weighted by molar-refractivity contribution is 7.89. The van der Waals surface area contributed by atoms with E-state index in [1.54, 1.807) is 41.4 Å². The van der Waals surface area contributed by atoms with E-state index in [4.69, 9.17) is 34.8 Å². The Labute approximate surface area is 217 Å². The van der Waals surface area contributed by atoms with Crippen LogP contribution in [0.4, 0.5) is 27.6 Å². The van der Waals surface area contributed by atoms with Gasteiger partial charge in [-0.3, -0.25) is 5.01 Å². The molecule has 2 unspecified atom stereocenters. The van der Waals surface area contributed by atoms with Gasteiger partial charge in [0.2, 0.25) is 15.8 Å². The molecule has 3 aromatic carbocycles. The van der Waals surface area contributed by atoms with Gasteiger partial charge in [-0.05, 0) is 42.3 Å². The van der Waals surface area contributed by atoms with E-state index in [1.807, 2.05) is 4.72 Å². The zero-order chi connectivity index (χ0) is 26.4. The van der Waals surface area contributed by atoms with Crippen LogP contribution in [0.1, 0.15) is 18.0 Å². The molecule has 0 aliphatic carbocycles. The van der Waals surface area contributed by atoms with E-state index in [0.29, 0.717) is 15.7 Å². The van der Waals surface area contributed by atoms with Crippen LogP contribution in [0.15, 0.2) is 47.4 Å². The van der Waals surface area contributed by atoms with E-state index in [-0.39, 0.29) is 11.4 Å². The van der Waals surface area contributed by atoms with Gasteiger partial charge in [-0.25, -0.2) is 40.5 Å². The van der Waals surface area contributed by atoms with Crippen molar-refractivity contribution in [2.75, 3.05) is 11.6 Å². The summed E-state index contributed by atoms with van der Waals surface area (Å²) >= 11 is 18.3. The second-order valence-corrected chi connectivity index (χ2v) is 10.8. The van der Waals surface area contributed by atoms with Crippen LogP contribution in [-0.4, -0.2) is 21.0 Å². The lowest BCUT2D eigenvalue weighted by Crippen LogP contribution is -2.43. The molecule has 2 N–H and O–H groups in total. The Morgan fingerprint density at radius 1 is 0.861 bits per heavy atom. The van der Waals surface area contributed by atoms with Crippen LogP contribution in [0.5, 0.6) is 0 Å². The fraction of sp³-hybridized carbons (Fsp3) is 0.182. The summed E-state index contributed by atoms with van der Waals surface area (Å²) in [6, 6.07) is 10.5. The fourth-order valence-electron chi connectivity index (χ4n) is 3.83. The molecule has 1 saturated heterocycles. The van der Waals surface area contributed by atoms with E-state index in [2.05, 4.69) is 5.43 Å². The second-order valence-electron chi connectivity index (χ2n) is 7.85. The van der Waals surface area contributed by atoms with Crippen molar-refractivity contribution in [2.24, 2.45) is 0 Å². The number of sulfonamides is 1. The number of halogens is 8. The second kappa shape index (κ2) is 10.3. The van der Waals surface area contributed by atoms with Crippen LogP contribution in [0.3, 0.4) is 0 Å². The van der Waals surface area contributed by atoms with Gasteiger partial charge >= 0.3 is 0 Å². The molecule has 36 heavy (non-hydrogen) atoms. The van der Waals surface area contributed by atoms with E-state index < -0.39 is 62.6 Å². The molecular formula is C22H15Cl3F5N3O2S. The highest BCUT2D eigenvalue weighted by atomic mass is 35.5. The quantitative estimate of drug-likeness (QED) is 0.207. The van der Waals surface area contributed by atoms with E-state index in [1.165, 1.54) is 6.07 Å². The van der Waals surface area contributed by atoms with E-state index >= 15 is 0 Å². The van der Waals surface area contributed by atoms with Gasteiger partial charge < -0.3 is 0 Å². The zero-order valence-corrected chi connectivity index (χ0v) is 20.9. The predicted octanol–water partition coefficient (Wildman–Crippen LogP) is 6.15. The molecule has 1 aliphatic heterocycles. The molecule has 5 nitrogen and oxygen atoms in total. The fourth-order valence-corrected chi connectivity index (χ4v) is 5.67. The SMILES string of the molecule is O=S(=O)(NCC1CC(c2ccc(Cl)cc2)N(c2ccc(Cl)cc2Cl)N1)c1c(F)c(F)c(F)c(F)c1F. The summed E-state index contributed by atoms with van der Waals surface area (Å²) in [5, 5.41) is 2.84. The lowest BCUT2D eigenvalue weighted by molar-refractivity contribution is 0.357. The third-order valence-electron chi connectivity index (χ3n) is 5.52. The summed E-state index contributed by atoms with van der Waals surface area (Å²) in [5.74, 6) is -12.1. The number of benzene rings is 3. The highest BCUT2D eigenvalue weighted by Gasteiger charge is 2.37. The molecule has 3 aromatic rings. The standard InChI is InChI=1S/C22H15Cl3F5N3O2S/c23-11-3-1-10(2-4-11)16-8-13(32-33(16)15-6-5-12(24)7-14(15)25)9-31-36(34,35)22-20(29)18(27)17(26)19(28)21(22)30/h1-7,13,16,31-32H,8-9H2. The summed E-state index contributed by atoms with van der Waals surface area (Å²) in [6.07, 6.45) is 0.264. The van der Waals surface area contributed by atoms with Crippen molar-refractivity contribution in [2.45, 2.75) is 23.4 Å². The largest absolute Gasteiger partial charge is 0.299 e. The minimum atomic E-state index is -5.12. The van der Waals surface area contributed by atoms with Crippen molar-refractivity contribution in [3.05, 3.63) is 92.2 Å². The zero-order valence-electron chi connectivity index (χ0n) is 17.8. The monoisotopic (exact) mass is 585 g/mol. The van der Waals surface area contributed by atoms with Crippen LogP contribution in [0, 0.1) is 29.1 Å². The Balaban J connectivity index is 1.62. The average Bonchev–Trinajstić information content (AvgIpc) is 3.25. The molecule has 0 bridgehead atoms. The number of rotatable bonds is 6. The van der Waals surface area contributed by atoms with Gasteiger partial charge in [0.25, 0.3) is 0 Å². The van der Waals surface area contributed by atoms with Gasteiger partial charge in [0.05, 0.1) is 16.8 Å². The van der Waals surface area contributed by atoms with Gasteiger partial charge in [-0.1, -0.05) is 46.9 Å². The molecule has 0 saturated carbocycles. The molecule has 192 valence electrons. The number of hydrogen-bond acceptors (Lipinski definition) is 4. The first-order valence-corrected chi connectivity index (χ1v) is 12.8. The highest BCUT2D eigenvalue weighted by Crippen LogP contribution is 2.39. The lowest BCUT2D eigenvalue weighted by atomic mass is 10.0. The van der Waals surface area contributed by atoms with Gasteiger partial charge in [-0.15, -0.1) is 0 Å². The van der Waals surface area contributed by atoms with Crippen molar-refractivity contribution in [3.63, 3.8) is 0 Å². The summed E-state index contributed by atoms with van der Waals surface area (Å²) in [7, 11) is -5.12. The first-order valence-electron chi connectivity index (χ1n) is 10.2. The number of nitrogens with zero attached hydrogens (tertiary/aromatic N) is 1.